The van der Waals surface area contributed by atoms with Crippen LogP contribution in [-0.2, 0) is 14.3 Å². The maximum atomic E-state index is 13.2. The van der Waals surface area contributed by atoms with Crippen LogP contribution in [0.3, 0.4) is 0 Å². The van der Waals surface area contributed by atoms with E-state index < -0.39 is 0 Å². The van der Waals surface area contributed by atoms with Gasteiger partial charge in [-0.3, -0.25) is 14.5 Å². The summed E-state index contributed by atoms with van der Waals surface area (Å²) < 4.78 is 16.3. The molecule has 2 heterocycles. The summed E-state index contributed by atoms with van der Waals surface area (Å²) in [6.07, 6.45) is 0. The van der Waals surface area contributed by atoms with Gasteiger partial charge in [-0.25, -0.2) is 0 Å². The molecule has 2 aliphatic rings. The summed E-state index contributed by atoms with van der Waals surface area (Å²) in [5, 5.41) is 0. The highest BCUT2D eigenvalue weighted by molar-refractivity contribution is 6.35. The van der Waals surface area contributed by atoms with Crippen LogP contribution in [0.25, 0.3) is 5.57 Å². The van der Waals surface area contributed by atoms with Crippen molar-refractivity contribution in [2.45, 2.75) is 0 Å². The van der Waals surface area contributed by atoms with Crippen LogP contribution in [0.4, 0.5) is 0 Å². The molecule has 2 aromatic carbocycles. The van der Waals surface area contributed by atoms with Crippen molar-refractivity contribution < 1.29 is 23.8 Å². The molecule has 0 saturated carbocycles. The molecule has 1 fully saturated rings. The fourth-order valence-corrected chi connectivity index (χ4v) is 3.64. The van der Waals surface area contributed by atoms with Crippen molar-refractivity contribution in [3.05, 3.63) is 65.9 Å². The minimum Gasteiger partial charge on any atom is -0.497 e. The first-order chi connectivity index (χ1) is 14.7. The van der Waals surface area contributed by atoms with E-state index in [0.717, 1.165) is 11.3 Å². The molecule has 2 aromatic rings. The van der Waals surface area contributed by atoms with Crippen LogP contribution < -0.4 is 9.47 Å². The first-order valence-corrected chi connectivity index (χ1v) is 9.94. The number of hydrogen-bond acceptors (Lipinski definition) is 6. The quantitative estimate of drug-likeness (QED) is 0.655. The third-order valence-electron chi connectivity index (χ3n) is 5.18. The van der Waals surface area contributed by atoms with Gasteiger partial charge in [-0.15, -0.1) is 0 Å². The van der Waals surface area contributed by atoms with E-state index >= 15 is 0 Å². The number of benzene rings is 2. The molecule has 0 bridgehead atoms. The fraction of sp³-hybridized carbons (Fsp3) is 0.304. The van der Waals surface area contributed by atoms with Crippen LogP contribution in [0.2, 0.25) is 0 Å². The first-order valence-electron chi connectivity index (χ1n) is 9.94. The van der Waals surface area contributed by atoms with Gasteiger partial charge in [0.05, 0.1) is 32.4 Å². The lowest BCUT2D eigenvalue weighted by Crippen LogP contribution is -2.41. The highest BCUT2D eigenvalue weighted by Crippen LogP contribution is 2.32. The topological polar surface area (TPSA) is 68.3 Å². The average Bonchev–Trinajstić information content (AvgIpc) is 3.05. The molecule has 2 amide bonds. The molecular weight excluding hydrogens is 384 g/mol. The van der Waals surface area contributed by atoms with E-state index in [2.05, 4.69) is 0 Å². The monoisotopic (exact) mass is 408 g/mol. The molecular formula is C23H24N2O5. The van der Waals surface area contributed by atoms with Gasteiger partial charge in [0.1, 0.15) is 23.8 Å². The molecule has 2 aliphatic heterocycles. The maximum absolute atomic E-state index is 13.2. The van der Waals surface area contributed by atoms with Gasteiger partial charge in [-0.2, -0.15) is 0 Å². The van der Waals surface area contributed by atoms with Crippen LogP contribution in [0.1, 0.15) is 5.56 Å². The summed E-state index contributed by atoms with van der Waals surface area (Å²) >= 11 is 0. The molecule has 30 heavy (non-hydrogen) atoms. The van der Waals surface area contributed by atoms with E-state index in [1.165, 1.54) is 4.90 Å². The molecule has 0 unspecified atom stereocenters. The molecule has 7 nitrogen and oxygen atoms in total. The summed E-state index contributed by atoms with van der Waals surface area (Å²) in [7, 11) is 1.60. The number of nitrogens with zero attached hydrogens (tertiary/aromatic N) is 2. The van der Waals surface area contributed by atoms with Gasteiger partial charge >= 0.3 is 0 Å². The lowest BCUT2D eigenvalue weighted by molar-refractivity contribution is -0.138. The summed E-state index contributed by atoms with van der Waals surface area (Å²) in [6, 6.07) is 16.5. The number of hydrogen-bond donors (Lipinski definition) is 0. The molecule has 1 saturated heterocycles. The zero-order valence-electron chi connectivity index (χ0n) is 16.9. The third-order valence-corrected chi connectivity index (χ3v) is 5.18. The lowest BCUT2D eigenvalue weighted by atomic mass is 10.0. The molecule has 0 aromatic heterocycles. The minimum atomic E-state index is -0.286. The summed E-state index contributed by atoms with van der Waals surface area (Å²) in [6.45, 7) is 2.62. The number of rotatable bonds is 7. The van der Waals surface area contributed by atoms with E-state index in [0.29, 0.717) is 43.3 Å². The molecule has 0 aliphatic carbocycles. The van der Waals surface area contributed by atoms with Crippen LogP contribution >= 0.6 is 0 Å². The predicted molar refractivity (Wildman–Crippen MR) is 111 cm³/mol. The zero-order chi connectivity index (χ0) is 20.9. The van der Waals surface area contributed by atoms with Crippen LogP contribution in [0.5, 0.6) is 11.5 Å². The zero-order valence-corrected chi connectivity index (χ0v) is 16.9. The maximum Gasteiger partial charge on any atom is 0.277 e. The van der Waals surface area contributed by atoms with Crippen LogP contribution in [0, 0.1) is 0 Å². The van der Waals surface area contributed by atoms with Gasteiger partial charge in [0.25, 0.3) is 11.8 Å². The number of imide groups is 1. The van der Waals surface area contributed by atoms with E-state index in [4.69, 9.17) is 14.2 Å². The SMILES string of the molecule is COc1ccc(OCCN2C(=O)C(c3ccccc3)=C(N3CCOCC3)C2=O)cc1. The largest absolute Gasteiger partial charge is 0.497 e. The number of ether oxygens (including phenoxy) is 3. The van der Waals surface area contributed by atoms with Crippen molar-refractivity contribution in [1.82, 2.24) is 9.80 Å². The molecule has 0 spiro atoms. The molecule has 7 heteroatoms. The van der Waals surface area contributed by atoms with Gasteiger partial charge < -0.3 is 19.1 Å². The van der Waals surface area contributed by atoms with E-state index in [1.54, 1.807) is 31.4 Å². The number of carbonyl (C=O) groups is 2. The van der Waals surface area contributed by atoms with Crippen molar-refractivity contribution in [2.75, 3.05) is 46.6 Å². The second kappa shape index (κ2) is 9.00. The van der Waals surface area contributed by atoms with Gasteiger partial charge in [0.2, 0.25) is 0 Å². The predicted octanol–water partition coefficient (Wildman–Crippen LogP) is 2.19. The van der Waals surface area contributed by atoms with Crippen molar-refractivity contribution in [1.29, 1.82) is 0 Å². The Balaban J connectivity index is 1.51. The van der Waals surface area contributed by atoms with Crippen molar-refractivity contribution in [3.63, 3.8) is 0 Å². The molecule has 0 atom stereocenters. The highest BCUT2D eigenvalue weighted by Gasteiger charge is 2.41. The Bertz CT molecular complexity index is 934. The Labute approximate surface area is 175 Å². The van der Waals surface area contributed by atoms with E-state index in [-0.39, 0.29) is 25.0 Å². The third kappa shape index (κ3) is 4.02. The summed E-state index contributed by atoms with van der Waals surface area (Å²) in [5.41, 5.74) is 1.65. The first kappa shape index (κ1) is 20.0. The Morgan fingerprint density at radius 3 is 2.23 bits per heavy atom. The second-order valence-electron chi connectivity index (χ2n) is 6.97. The minimum absolute atomic E-state index is 0.174. The Kier molecular flexibility index (Phi) is 5.99. The van der Waals surface area contributed by atoms with E-state index in [9.17, 15) is 9.59 Å². The Hall–Kier alpha value is -3.32. The molecule has 0 radical (unpaired) electrons. The summed E-state index contributed by atoms with van der Waals surface area (Å²) in [5.74, 6) is 0.823. The van der Waals surface area contributed by atoms with Crippen molar-refractivity contribution in [3.8, 4) is 11.5 Å². The van der Waals surface area contributed by atoms with Gasteiger partial charge in [-0.1, -0.05) is 30.3 Å². The fourth-order valence-electron chi connectivity index (χ4n) is 3.64. The molecule has 156 valence electrons. The molecule has 4 rings (SSSR count). The van der Waals surface area contributed by atoms with Crippen molar-refractivity contribution >= 4 is 17.4 Å². The average molecular weight is 408 g/mol. The molecule has 0 N–H and O–H groups in total. The number of carbonyl (C=O) groups excluding carboxylic acids is 2. The normalized spacial score (nSPS) is 17.0. The second-order valence-corrected chi connectivity index (χ2v) is 6.97. The smallest absolute Gasteiger partial charge is 0.277 e. The lowest BCUT2D eigenvalue weighted by Gasteiger charge is -2.29. The Morgan fingerprint density at radius 2 is 1.57 bits per heavy atom. The highest BCUT2D eigenvalue weighted by atomic mass is 16.5. The number of morpholine rings is 1. The Morgan fingerprint density at radius 1 is 0.900 bits per heavy atom. The van der Waals surface area contributed by atoms with Gasteiger partial charge in [0.15, 0.2) is 0 Å². The van der Waals surface area contributed by atoms with Gasteiger partial charge in [0, 0.05) is 13.1 Å². The number of methoxy groups -OCH3 is 1. The van der Waals surface area contributed by atoms with E-state index in [1.807, 2.05) is 35.2 Å². The van der Waals surface area contributed by atoms with Crippen molar-refractivity contribution in [2.24, 2.45) is 0 Å². The standard InChI is InChI=1S/C23H24N2O5/c1-28-18-7-9-19(10-8-18)30-16-13-25-22(26)20(17-5-3-2-4-6-17)21(23(25)27)24-11-14-29-15-12-24/h2-10H,11-16H2,1H3. The summed E-state index contributed by atoms with van der Waals surface area (Å²) in [4.78, 5) is 29.7. The van der Waals surface area contributed by atoms with Gasteiger partial charge in [-0.05, 0) is 29.8 Å². The van der Waals surface area contributed by atoms with Crippen LogP contribution in [-0.4, -0.2) is 68.2 Å². The number of amides is 2. The van der Waals surface area contributed by atoms with Crippen LogP contribution in [0.15, 0.2) is 60.3 Å².